The first-order valence-corrected chi connectivity index (χ1v) is 3.06. The standard InChI is InChI=1S/C6H6F2N2O2/c1-12-4-2-5(11)10(6(7)8)9-3-4/h2-3,6H,1H3. The van der Waals surface area contributed by atoms with Crippen LogP contribution in [0.4, 0.5) is 8.78 Å². The lowest BCUT2D eigenvalue weighted by Gasteiger charge is -2.02. The van der Waals surface area contributed by atoms with Gasteiger partial charge in [0.15, 0.2) is 0 Å². The Morgan fingerprint density at radius 2 is 2.33 bits per heavy atom. The Labute approximate surface area is 66.4 Å². The van der Waals surface area contributed by atoms with Crippen molar-refractivity contribution in [1.29, 1.82) is 0 Å². The monoisotopic (exact) mass is 176 g/mol. The summed E-state index contributed by atoms with van der Waals surface area (Å²) in [6.45, 7) is -2.91. The summed E-state index contributed by atoms with van der Waals surface area (Å²) in [6, 6.07) is 0.944. The second-order valence-electron chi connectivity index (χ2n) is 1.96. The van der Waals surface area contributed by atoms with Crippen LogP contribution in [0.15, 0.2) is 17.1 Å². The van der Waals surface area contributed by atoms with Gasteiger partial charge in [-0.25, -0.2) is 0 Å². The van der Waals surface area contributed by atoms with E-state index in [1.165, 1.54) is 7.11 Å². The lowest BCUT2D eigenvalue weighted by molar-refractivity contribution is 0.0507. The van der Waals surface area contributed by atoms with E-state index in [1.54, 1.807) is 0 Å². The Balaban J connectivity index is 3.12. The normalized spacial score (nSPS) is 10.3. The number of methoxy groups -OCH3 is 1. The van der Waals surface area contributed by atoms with Crippen LogP contribution in [0.25, 0.3) is 0 Å². The predicted molar refractivity (Wildman–Crippen MR) is 36.3 cm³/mol. The van der Waals surface area contributed by atoms with Crippen LogP contribution in [0.1, 0.15) is 6.55 Å². The van der Waals surface area contributed by atoms with Crippen molar-refractivity contribution in [3.8, 4) is 5.75 Å². The van der Waals surface area contributed by atoms with Gasteiger partial charge in [-0.2, -0.15) is 18.6 Å². The zero-order valence-corrected chi connectivity index (χ0v) is 6.20. The number of aromatic nitrogens is 2. The first kappa shape index (κ1) is 8.63. The molecule has 6 heteroatoms. The molecule has 1 aromatic rings. The summed E-state index contributed by atoms with van der Waals surface area (Å²) in [5.74, 6) is 0.164. The Morgan fingerprint density at radius 3 is 2.75 bits per heavy atom. The van der Waals surface area contributed by atoms with Gasteiger partial charge in [0.1, 0.15) is 5.75 Å². The molecule has 12 heavy (non-hydrogen) atoms. The largest absolute Gasteiger partial charge is 0.495 e. The minimum Gasteiger partial charge on any atom is -0.495 e. The topological polar surface area (TPSA) is 44.1 Å². The van der Waals surface area contributed by atoms with E-state index in [4.69, 9.17) is 0 Å². The van der Waals surface area contributed by atoms with E-state index in [-0.39, 0.29) is 10.4 Å². The fourth-order valence-electron chi connectivity index (χ4n) is 0.659. The second-order valence-corrected chi connectivity index (χ2v) is 1.96. The van der Waals surface area contributed by atoms with Crippen molar-refractivity contribution in [3.63, 3.8) is 0 Å². The highest BCUT2D eigenvalue weighted by molar-refractivity contribution is 5.13. The van der Waals surface area contributed by atoms with Crippen molar-refractivity contribution in [2.45, 2.75) is 6.55 Å². The van der Waals surface area contributed by atoms with Gasteiger partial charge < -0.3 is 4.74 Å². The molecule has 1 heterocycles. The van der Waals surface area contributed by atoms with Crippen molar-refractivity contribution >= 4 is 0 Å². The van der Waals surface area contributed by atoms with Crippen molar-refractivity contribution < 1.29 is 13.5 Å². The number of halogens is 2. The third kappa shape index (κ3) is 1.58. The van der Waals surface area contributed by atoms with E-state index in [0.717, 1.165) is 12.3 Å². The van der Waals surface area contributed by atoms with E-state index >= 15 is 0 Å². The molecule has 4 nitrogen and oxygen atoms in total. The fraction of sp³-hybridized carbons (Fsp3) is 0.333. The van der Waals surface area contributed by atoms with Gasteiger partial charge in [0, 0.05) is 6.07 Å². The molecule has 0 aliphatic heterocycles. The molecule has 0 N–H and O–H groups in total. The number of hydrogen-bond acceptors (Lipinski definition) is 3. The molecular formula is C6H6F2N2O2. The third-order valence-electron chi connectivity index (χ3n) is 1.22. The van der Waals surface area contributed by atoms with Gasteiger partial charge in [-0.05, 0) is 0 Å². The van der Waals surface area contributed by atoms with Crippen LogP contribution in [0.5, 0.6) is 5.75 Å². The molecule has 0 unspecified atom stereocenters. The van der Waals surface area contributed by atoms with Gasteiger partial charge in [0.05, 0.1) is 13.3 Å². The molecule has 0 aliphatic rings. The van der Waals surface area contributed by atoms with Crippen LogP contribution < -0.4 is 10.3 Å². The van der Waals surface area contributed by atoms with Gasteiger partial charge >= 0.3 is 6.55 Å². The minimum atomic E-state index is -2.91. The molecule has 0 fully saturated rings. The average Bonchev–Trinajstić information content (AvgIpc) is 2.03. The van der Waals surface area contributed by atoms with Crippen molar-refractivity contribution in [2.75, 3.05) is 7.11 Å². The summed E-state index contributed by atoms with van der Waals surface area (Å²) in [7, 11) is 1.32. The fourth-order valence-corrected chi connectivity index (χ4v) is 0.659. The van der Waals surface area contributed by atoms with Gasteiger partial charge in [-0.3, -0.25) is 4.79 Å². The highest BCUT2D eigenvalue weighted by atomic mass is 19.3. The lowest BCUT2D eigenvalue weighted by atomic mass is 10.5. The van der Waals surface area contributed by atoms with Crippen LogP contribution in [0.2, 0.25) is 0 Å². The molecule has 0 amide bonds. The molecule has 66 valence electrons. The SMILES string of the molecule is COc1cnn(C(F)F)c(=O)c1. The summed E-state index contributed by atoms with van der Waals surface area (Å²) in [5, 5.41) is 3.18. The number of hydrogen-bond donors (Lipinski definition) is 0. The quantitative estimate of drug-likeness (QED) is 0.664. The molecule has 0 saturated carbocycles. The summed E-state index contributed by atoms with van der Waals surface area (Å²) in [5.41, 5.74) is -0.885. The second kappa shape index (κ2) is 3.29. The predicted octanol–water partition coefficient (Wildman–Crippen LogP) is 0.647. The van der Waals surface area contributed by atoms with Crippen LogP contribution in [0, 0.1) is 0 Å². The van der Waals surface area contributed by atoms with Crippen molar-refractivity contribution in [2.24, 2.45) is 0 Å². The maximum Gasteiger partial charge on any atom is 0.336 e. The molecule has 0 atom stereocenters. The molecule has 0 spiro atoms. The van der Waals surface area contributed by atoms with Gasteiger partial charge in [0.2, 0.25) is 0 Å². The summed E-state index contributed by atoms with van der Waals surface area (Å²) < 4.78 is 28.5. The maximum absolute atomic E-state index is 11.9. The average molecular weight is 176 g/mol. The van der Waals surface area contributed by atoms with Crippen LogP contribution in [0.3, 0.4) is 0 Å². The van der Waals surface area contributed by atoms with Crippen LogP contribution >= 0.6 is 0 Å². The Kier molecular flexibility index (Phi) is 2.37. The summed E-state index contributed by atoms with van der Waals surface area (Å²) in [6.07, 6.45) is 1.05. The van der Waals surface area contributed by atoms with Crippen molar-refractivity contribution in [3.05, 3.63) is 22.6 Å². The molecule has 0 radical (unpaired) electrons. The number of rotatable bonds is 2. The van der Waals surface area contributed by atoms with E-state index < -0.39 is 12.1 Å². The lowest BCUT2D eigenvalue weighted by Crippen LogP contribution is -2.22. The Hall–Kier alpha value is -1.46. The zero-order valence-electron chi connectivity index (χ0n) is 6.20. The minimum absolute atomic E-state index is 0.0719. The van der Waals surface area contributed by atoms with Crippen molar-refractivity contribution in [1.82, 2.24) is 9.78 Å². The van der Waals surface area contributed by atoms with Crippen LogP contribution in [-0.4, -0.2) is 16.9 Å². The van der Waals surface area contributed by atoms with Gasteiger partial charge in [-0.1, -0.05) is 0 Å². The molecule has 1 rings (SSSR count). The first-order valence-electron chi connectivity index (χ1n) is 3.06. The van der Waals surface area contributed by atoms with Crippen LogP contribution in [-0.2, 0) is 0 Å². The first-order chi connectivity index (χ1) is 5.65. The molecule has 0 bridgehead atoms. The number of ether oxygens (including phenoxy) is 1. The molecular weight excluding hydrogens is 170 g/mol. The van der Waals surface area contributed by atoms with Gasteiger partial charge in [-0.15, -0.1) is 0 Å². The Morgan fingerprint density at radius 1 is 1.67 bits per heavy atom. The smallest absolute Gasteiger partial charge is 0.336 e. The van der Waals surface area contributed by atoms with E-state index in [2.05, 4.69) is 9.84 Å². The molecule has 0 aliphatic carbocycles. The van der Waals surface area contributed by atoms with E-state index in [0.29, 0.717) is 0 Å². The molecule has 0 aromatic carbocycles. The Bertz CT molecular complexity index is 324. The maximum atomic E-state index is 11.9. The van der Waals surface area contributed by atoms with E-state index in [9.17, 15) is 13.6 Å². The summed E-state index contributed by atoms with van der Waals surface area (Å²) >= 11 is 0. The third-order valence-corrected chi connectivity index (χ3v) is 1.22. The molecule has 1 aromatic heterocycles. The molecule has 0 saturated heterocycles. The number of nitrogens with zero attached hydrogens (tertiary/aromatic N) is 2. The van der Waals surface area contributed by atoms with E-state index in [1.807, 2.05) is 0 Å². The highest BCUT2D eigenvalue weighted by Gasteiger charge is 2.08. The zero-order chi connectivity index (χ0) is 9.14. The van der Waals surface area contributed by atoms with Gasteiger partial charge in [0.25, 0.3) is 5.56 Å². The summed E-state index contributed by atoms with van der Waals surface area (Å²) in [4.78, 5) is 10.8. The number of alkyl halides is 2. The highest BCUT2D eigenvalue weighted by Crippen LogP contribution is 2.06.